The zero-order valence-electron chi connectivity index (χ0n) is 10.3. The number of piperazine rings is 1. The number of rotatable bonds is 5. The van der Waals surface area contributed by atoms with Gasteiger partial charge in [0, 0.05) is 52.0 Å². The smallest absolute Gasteiger partial charge is 0.0477 e. The summed E-state index contributed by atoms with van der Waals surface area (Å²) < 4.78 is 5.12. The first kappa shape index (κ1) is 12.9. The van der Waals surface area contributed by atoms with Gasteiger partial charge in [0.25, 0.3) is 0 Å². The zero-order valence-corrected chi connectivity index (χ0v) is 10.3. The molecular formula is C11H25N3O. The van der Waals surface area contributed by atoms with Crippen molar-refractivity contribution in [3.8, 4) is 0 Å². The van der Waals surface area contributed by atoms with E-state index in [0.717, 1.165) is 39.2 Å². The summed E-state index contributed by atoms with van der Waals surface area (Å²) >= 11 is 0. The van der Waals surface area contributed by atoms with Crippen LogP contribution in [0.2, 0.25) is 0 Å². The van der Waals surface area contributed by atoms with Gasteiger partial charge in [-0.25, -0.2) is 0 Å². The third-order valence-electron chi connectivity index (χ3n) is 3.31. The van der Waals surface area contributed by atoms with E-state index in [4.69, 9.17) is 10.5 Å². The Morgan fingerprint density at radius 2 is 2.20 bits per heavy atom. The highest BCUT2D eigenvalue weighted by Crippen LogP contribution is 2.13. The normalized spacial score (nSPS) is 26.8. The molecule has 2 N–H and O–H groups in total. The number of nitrogens with two attached hydrogens (primary N) is 1. The van der Waals surface area contributed by atoms with Crippen molar-refractivity contribution >= 4 is 0 Å². The Kier molecular flexibility index (Phi) is 5.53. The lowest BCUT2D eigenvalue weighted by molar-refractivity contribution is 0.0480. The van der Waals surface area contributed by atoms with E-state index in [2.05, 4.69) is 23.8 Å². The van der Waals surface area contributed by atoms with Crippen LogP contribution in [0.4, 0.5) is 0 Å². The molecule has 4 heteroatoms. The maximum absolute atomic E-state index is 5.82. The molecule has 0 saturated carbocycles. The fourth-order valence-corrected chi connectivity index (χ4v) is 2.27. The Morgan fingerprint density at radius 3 is 2.80 bits per heavy atom. The Balaban J connectivity index is 2.43. The van der Waals surface area contributed by atoms with Crippen molar-refractivity contribution in [1.29, 1.82) is 0 Å². The van der Waals surface area contributed by atoms with E-state index < -0.39 is 0 Å². The van der Waals surface area contributed by atoms with Crippen LogP contribution >= 0.6 is 0 Å². The number of hydrogen-bond donors (Lipinski definition) is 1. The van der Waals surface area contributed by atoms with E-state index in [1.54, 1.807) is 7.11 Å². The second-order valence-corrected chi connectivity index (χ2v) is 4.52. The summed E-state index contributed by atoms with van der Waals surface area (Å²) in [6.07, 6.45) is 1.09. The van der Waals surface area contributed by atoms with E-state index in [0.29, 0.717) is 12.1 Å². The Hall–Kier alpha value is -0.160. The number of likely N-dealkylation sites (N-methyl/N-ethyl adjacent to an activating group) is 1. The average Bonchev–Trinajstić information content (AvgIpc) is 2.25. The molecule has 0 amide bonds. The van der Waals surface area contributed by atoms with Crippen LogP contribution in [0.5, 0.6) is 0 Å². The van der Waals surface area contributed by atoms with Crippen molar-refractivity contribution in [3.63, 3.8) is 0 Å². The summed E-state index contributed by atoms with van der Waals surface area (Å²) in [5.41, 5.74) is 5.82. The topological polar surface area (TPSA) is 41.7 Å². The molecule has 0 radical (unpaired) electrons. The van der Waals surface area contributed by atoms with Gasteiger partial charge in [-0.15, -0.1) is 0 Å². The van der Waals surface area contributed by atoms with Crippen LogP contribution < -0.4 is 5.73 Å². The molecule has 1 heterocycles. The first-order chi connectivity index (χ1) is 7.19. The molecule has 1 aliphatic heterocycles. The highest BCUT2D eigenvalue weighted by atomic mass is 16.5. The van der Waals surface area contributed by atoms with Gasteiger partial charge in [0.05, 0.1) is 0 Å². The van der Waals surface area contributed by atoms with Crippen molar-refractivity contribution in [2.75, 3.05) is 46.9 Å². The fourth-order valence-electron chi connectivity index (χ4n) is 2.27. The molecule has 0 aliphatic carbocycles. The molecule has 90 valence electrons. The molecule has 0 aromatic carbocycles. The summed E-state index contributed by atoms with van der Waals surface area (Å²) in [4.78, 5) is 4.89. The molecule has 1 fully saturated rings. The van der Waals surface area contributed by atoms with Gasteiger partial charge in [-0.1, -0.05) is 0 Å². The average molecular weight is 215 g/mol. The highest BCUT2D eigenvalue weighted by molar-refractivity contribution is 4.84. The minimum atomic E-state index is 0.510. The van der Waals surface area contributed by atoms with E-state index in [-0.39, 0.29) is 0 Å². The second kappa shape index (κ2) is 6.43. The lowest BCUT2D eigenvalue weighted by Crippen LogP contribution is -2.57. The molecular weight excluding hydrogens is 190 g/mol. The summed E-state index contributed by atoms with van der Waals surface area (Å²) in [5, 5.41) is 0. The van der Waals surface area contributed by atoms with E-state index in [9.17, 15) is 0 Å². The minimum Gasteiger partial charge on any atom is -0.385 e. The SMILES string of the molecule is COCCC(C)N1CCN(C)CC1CN. The predicted molar refractivity (Wildman–Crippen MR) is 63.0 cm³/mol. The first-order valence-electron chi connectivity index (χ1n) is 5.82. The van der Waals surface area contributed by atoms with Gasteiger partial charge >= 0.3 is 0 Å². The summed E-state index contributed by atoms with van der Waals surface area (Å²) in [7, 11) is 3.93. The Bertz CT molecular complexity index is 177. The third-order valence-corrected chi connectivity index (χ3v) is 3.31. The zero-order chi connectivity index (χ0) is 11.3. The lowest BCUT2D eigenvalue weighted by Gasteiger charge is -2.42. The van der Waals surface area contributed by atoms with Crippen LogP contribution in [0.25, 0.3) is 0 Å². The number of nitrogens with zero attached hydrogens (tertiary/aromatic N) is 2. The van der Waals surface area contributed by atoms with Crippen LogP contribution in [-0.2, 0) is 4.74 Å². The predicted octanol–water partition coefficient (Wildman–Crippen LogP) is -0.0139. The van der Waals surface area contributed by atoms with Gasteiger partial charge in [-0.05, 0) is 20.4 Å². The number of hydrogen-bond acceptors (Lipinski definition) is 4. The summed E-state index contributed by atoms with van der Waals surface area (Å²) in [6, 6.07) is 1.09. The fraction of sp³-hybridized carbons (Fsp3) is 1.00. The van der Waals surface area contributed by atoms with Gasteiger partial charge in [0.1, 0.15) is 0 Å². The molecule has 0 spiro atoms. The number of ether oxygens (including phenoxy) is 1. The Labute approximate surface area is 93.4 Å². The third kappa shape index (κ3) is 3.72. The van der Waals surface area contributed by atoms with E-state index in [1.165, 1.54) is 0 Å². The standard InChI is InChI=1S/C11H25N3O/c1-10(4-7-15-3)14-6-5-13(2)9-11(14)8-12/h10-11H,4-9,12H2,1-3H3. The van der Waals surface area contributed by atoms with Gasteiger partial charge in [0.15, 0.2) is 0 Å². The molecule has 1 aliphatic rings. The maximum atomic E-state index is 5.82. The summed E-state index contributed by atoms with van der Waals surface area (Å²) in [6.45, 7) is 7.23. The van der Waals surface area contributed by atoms with Crippen molar-refractivity contribution in [3.05, 3.63) is 0 Å². The van der Waals surface area contributed by atoms with Crippen molar-refractivity contribution in [2.45, 2.75) is 25.4 Å². The first-order valence-corrected chi connectivity index (χ1v) is 5.82. The van der Waals surface area contributed by atoms with Crippen LogP contribution in [0, 0.1) is 0 Å². The molecule has 4 nitrogen and oxygen atoms in total. The van der Waals surface area contributed by atoms with Crippen molar-refractivity contribution < 1.29 is 4.74 Å². The maximum Gasteiger partial charge on any atom is 0.0477 e. The molecule has 1 saturated heterocycles. The van der Waals surface area contributed by atoms with Crippen LogP contribution in [-0.4, -0.2) is 68.8 Å². The number of methoxy groups -OCH3 is 1. The summed E-state index contributed by atoms with van der Waals surface area (Å²) in [5.74, 6) is 0. The van der Waals surface area contributed by atoms with E-state index >= 15 is 0 Å². The quantitative estimate of drug-likeness (QED) is 0.700. The van der Waals surface area contributed by atoms with Gasteiger partial charge in [-0.3, -0.25) is 4.90 Å². The van der Waals surface area contributed by atoms with E-state index in [1.807, 2.05) is 0 Å². The second-order valence-electron chi connectivity index (χ2n) is 4.52. The van der Waals surface area contributed by atoms with Crippen molar-refractivity contribution in [2.24, 2.45) is 5.73 Å². The van der Waals surface area contributed by atoms with Crippen molar-refractivity contribution in [1.82, 2.24) is 9.80 Å². The molecule has 0 aromatic rings. The molecule has 1 rings (SSSR count). The van der Waals surface area contributed by atoms with Gasteiger partial charge in [-0.2, -0.15) is 0 Å². The molecule has 0 aromatic heterocycles. The molecule has 2 atom stereocenters. The molecule has 15 heavy (non-hydrogen) atoms. The highest BCUT2D eigenvalue weighted by Gasteiger charge is 2.27. The molecule has 0 bridgehead atoms. The van der Waals surface area contributed by atoms with Crippen LogP contribution in [0.15, 0.2) is 0 Å². The Morgan fingerprint density at radius 1 is 1.47 bits per heavy atom. The van der Waals surface area contributed by atoms with Crippen LogP contribution in [0.1, 0.15) is 13.3 Å². The molecule has 2 unspecified atom stereocenters. The largest absolute Gasteiger partial charge is 0.385 e. The van der Waals surface area contributed by atoms with Crippen LogP contribution in [0.3, 0.4) is 0 Å². The lowest BCUT2D eigenvalue weighted by atomic mass is 10.1. The van der Waals surface area contributed by atoms with Gasteiger partial charge < -0.3 is 15.4 Å². The van der Waals surface area contributed by atoms with Gasteiger partial charge in [0.2, 0.25) is 0 Å². The minimum absolute atomic E-state index is 0.510. The monoisotopic (exact) mass is 215 g/mol.